The van der Waals surface area contributed by atoms with Gasteiger partial charge in [-0.05, 0) is 43.4 Å². The van der Waals surface area contributed by atoms with E-state index in [1.54, 1.807) is 0 Å². The molecule has 2 aliphatic carbocycles. The van der Waals surface area contributed by atoms with Crippen molar-refractivity contribution >= 4 is 17.6 Å². The van der Waals surface area contributed by atoms with Crippen LogP contribution < -0.4 is 10.6 Å². The fourth-order valence-corrected chi connectivity index (χ4v) is 4.90. The maximum Gasteiger partial charge on any atom is 0.191 e. The smallest absolute Gasteiger partial charge is 0.191 e. The van der Waals surface area contributed by atoms with E-state index in [0.29, 0.717) is 23.5 Å². The normalized spacial score (nSPS) is 30.4. The summed E-state index contributed by atoms with van der Waals surface area (Å²) in [4.78, 5) is 4.43. The average molecular weight is 348 g/mol. The van der Waals surface area contributed by atoms with E-state index in [0.717, 1.165) is 30.6 Å². The number of guanidine groups is 1. The SMILES string of the molecule is CN=C(NCCc1ccc(Cl)cc1)NC1C2CCOC2C12CCC2. The van der Waals surface area contributed by atoms with Crippen LogP contribution in [0.25, 0.3) is 0 Å². The quantitative estimate of drug-likeness (QED) is 0.650. The minimum Gasteiger partial charge on any atom is -0.377 e. The summed E-state index contributed by atoms with van der Waals surface area (Å²) in [5.74, 6) is 1.59. The molecule has 0 amide bonds. The van der Waals surface area contributed by atoms with Gasteiger partial charge in [0.2, 0.25) is 0 Å². The number of halogens is 1. The van der Waals surface area contributed by atoms with Crippen LogP contribution in [0.5, 0.6) is 0 Å². The van der Waals surface area contributed by atoms with Gasteiger partial charge in [-0.3, -0.25) is 4.99 Å². The second-order valence-corrected chi connectivity index (χ2v) is 7.76. The molecule has 5 heteroatoms. The minimum atomic E-state index is 0.384. The van der Waals surface area contributed by atoms with E-state index >= 15 is 0 Å². The van der Waals surface area contributed by atoms with Crippen LogP contribution in [0, 0.1) is 11.3 Å². The summed E-state index contributed by atoms with van der Waals surface area (Å²) in [6.07, 6.45) is 6.58. The van der Waals surface area contributed by atoms with E-state index < -0.39 is 0 Å². The van der Waals surface area contributed by atoms with Crippen molar-refractivity contribution in [2.75, 3.05) is 20.2 Å². The molecule has 3 unspecified atom stereocenters. The largest absolute Gasteiger partial charge is 0.377 e. The van der Waals surface area contributed by atoms with Gasteiger partial charge in [0, 0.05) is 42.6 Å². The topological polar surface area (TPSA) is 45.7 Å². The molecular weight excluding hydrogens is 322 g/mol. The Labute approximate surface area is 149 Å². The van der Waals surface area contributed by atoms with Crippen molar-refractivity contribution < 1.29 is 4.74 Å². The Kier molecular flexibility index (Phi) is 4.44. The number of aliphatic imine (C=N–C) groups is 1. The Morgan fingerprint density at radius 2 is 2.12 bits per heavy atom. The third-order valence-corrected chi connectivity index (χ3v) is 6.42. The number of fused-ring (bicyclic) bond motifs is 2. The zero-order valence-electron chi connectivity index (χ0n) is 14.2. The van der Waals surface area contributed by atoms with Gasteiger partial charge in [-0.25, -0.2) is 0 Å². The second kappa shape index (κ2) is 6.57. The molecule has 3 atom stereocenters. The molecule has 1 aromatic rings. The summed E-state index contributed by atoms with van der Waals surface area (Å²) in [6.45, 7) is 1.80. The highest BCUT2D eigenvalue weighted by atomic mass is 35.5. The molecule has 4 nitrogen and oxygen atoms in total. The summed E-state index contributed by atoms with van der Waals surface area (Å²) in [6, 6.07) is 8.57. The summed E-state index contributed by atoms with van der Waals surface area (Å²) in [7, 11) is 1.85. The fraction of sp³-hybridized carbons (Fsp3) is 0.632. The van der Waals surface area contributed by atoms with Crippen molar-refractivity contribution in [2.45, 2.75) is 44.2 Å². The fourth-order valence-electron chi connectivity index (χ4n) is 4.77. The highest BCUT2D eigenvalue weighted by molar-refractivity contribution is 6.30. The van der Waals surface area contributed by atoms with Crippen LogP contribution in [-0.2, 0) is 11.2 Å². The first-order valence-corrected chi connectivity index (χ1v) is 9.44. The third-order valence-electron chi connectivity index (χ3n) is 6.17. The summed E-state index contributed by atoms with van der Waals surface area (Å²) in [5, 5.41) is 7.95. The zero-order chi connectivity index (χ0) is 16.6. The third kappa shape index (κ3) is 2.70. The van der Waals surface area contributed by atoms with Gasteiger partial charge >= 0.3 is 0 Å². The number of nitrogens with one attached hydrogen (secondary N) is 2. The Balaban J connectivity index is 1.31. The Bertz CT molecular complexity index is 612. The van der Waals surface area contributed by atoms with Gasteiger partial charge in [-0.1, -0.05) is 30.2 Å². The number of hydrogen-bond acceptors (Lipinski definition) is 2. The van der Waals surface area contributed by atoms with E-state index in [1.165, 1.54) is 31.2 Å². The lowest BCUT2D eigenvalue weighted by Gasteiger charge is -2.63. The van der Waals surface area contributed by atoms with Crippen LogP contribution in [-0.4, -0.2) is 38.3 Å². The van der Waals surface area contributed by atoms with E-state index in [9.17, 15) is 0 Å². The van der Waals surface area contributed by atoms with Crippen LogP contribution >= 0.6 is 11.6 Å². The summed E-state index contributed by atoms with van der Waals surface area (Å²) < 4.78 is 5.99. The Morgan fingerprint density at radius 3 is 2.79 bits per heavy atom. The minimum absolute atomic E-state index is 0.384. The molecule has 1 saturated heterocycles. The Hall–Kier alpha value is -1.26. The molecule has 2 saturated carbocycles. The zero-order valence-corrected chi connectivity index (χ0v) is 15.0. The molecule has 24 heavy (non-hydrogen) atoms. The summed E-state index contributed by atoms with van der Waals surface area (Å²) in [5.41, 5.74) is 1.67. The highest BCUT2D eigenvalue weighted by Gasteiger charge is 2.66. The van der Waals surface area contributed by atoms with Crippen LogP contribution in [0.15, 0.2) is 29.3 Å². The van der Waals surface area contributed by atoms with E-state index in [2.05, 4.69) is 27.8 Å². The van der Waals surface area contributed by atoms with Crippen LogP contribution in [0.1, 0.15) is 31.2 Å². The van der Waals surface area contributed by atoms with E-state index in [4.69, 9.17) is 16.3 Å². The monoisotopic (exact) mass is 347 g/mol. The first-order chi connectivity index (χ1) is 11.7. The number of benzene rings is 1. The molecule has 1 spiro atoms. The number of rotatable bonds is 4. The molecule has 0 bridgehead atoms. The predicted molar refractivity (Wildman–Crippen MR) is 97.6 cm³/mol. The lowest BCUT2D eigenvalue weighted by Crippen LogP contribution is -2.72. The molecule has 3 fully saturated rings. The first kappa shape index (κ1) is 16.2. The molecule has 4 rings (SSSR count). The Morgan fingerprint density at radius 1 is 1.33 bits per heavy atom. The van der Waals surface area contributed by atoms with E-state index in [-0.39, 0.29) is 0 Å². The van der Waals surface area contributed by atoms with Crippen molar-refractivity contribution in [1.82, 2.24) is 10.6 Å². The van der Waals surface area contributed by atoms with Crippen molar-refractivity contribution in [3.05, 3.63) is 34.9 Å². The van der Waals surface area contributed by atoms with Crippen molar-refractivity contribution in [3.8, 4) is 0 Å². The van der Waals surface area contributed by atoms with Gasteiger partial charge in [-0.2, -0.15) is 0 Å². The maximum atomic E-state index is 5.99. The molecule has 130 valence electrons. The van der Waals surface area contributed by atoms with Gasteiger partial charge in [0.15, 0.2) is 5.96 Å². The van der Waals surface area contributed by atoms with Crippen molar-refractivity contribution in [2.24, 2.45) is 16.3 Å². The molecule has 3 aliphatic rings. The lowest BCUT2D eigenvalue weighted by atomic mass is 9.46. The molecule has 2 N–H and O–H groups in total. The van der Waals surface area contributed by atoms with E-state index in [1.807, 2.05) is 19.2 Å². The van der Waals surface area contributed by atoms with Crippen LogP contribution in [0.2, 0.25) is 5.02 Å². The lowest BCUT2D eigenvalue weighted by molar-refractivity contribution is -0.171. The van der Waals surface area contributed by atoms with Crippen LogP contribution in [0.4, 0.5) is 0 Å². The van der Waals surface area contributed by atoms with Gasteiger partial charge in [0.1, 0.15) is 0 Å². The molecule has 1 aromatic carbocycles. The van der Waals surface area contributed by atoms with Gasteiger partial charge in [-0.15, -0.1) is 0 Å². The maximum absolute atomic E-state index is 5.99. The molecule has 0 aromatic heterocycles. The van der Waals surface area contributed by atoms with Gasteiger partial charge < -0.3 is 15.4 Å². The standard InChI is InChI=1S/C19H26ClN3O/c1-21-18(22-11-7-13-3-5-14(20)6-4-13)23-16-15-8-12-24-17(15)19(16)9-2-10-19/h3-6,15-17H,2,7-12H2,1H3,(H2,21,22,23). The van der Waals surface area contributed by atoms with Crippen molar-refractivity contribution in [1.29, 1.82) is 0 Å². The number of hydrogen-bond donors (Lipinski definition) is 2. The number of ether oxygens (including phenoxy) is 1. The average Bonchev–Trinajstić information content (AvgIpc) is 2.96. The van der Waals surface area contributed by atoms with Gasteiger partial charge in [0.25, 0.3) is 0 Å². The molecule has 0 radical (unpaired) electrons. The molecule has 1 aliphatic heterocycles. The predicted octanol–water partition coefficient (Wildman–Crippen LogP) is 3.01. The second-order valence-electron chi connectivity index (χ2n) is 7.33. The summed E-state index contributed by atoms with van der Waals surface area (Å²) >= 11 is 5.93. The van der Waals surface area contributed by atoms with Crippen LogP contribution in [0.3, 0.4) is 0 Å². The molecule has 1 heterocycles. The molecular formula is C19H26ClN3O. The van der Waals surface area contributed by atoms with Gasteiger partial charge in [0.05, 0.1) is 6.10 Å². The number of nitrogens with zero attached hydrogens (tertiary/aromatic N) is 1. The highest BCUT2D eigenvalue weighted by Crippen LogP contribution is 2.62. The van der Waals surface area contributed by atoms with Crippen molar-refractivity contribution in [3.63, 3.8) is 0 Å². The first-order valence-electron chi connectivity index (χ1n) is 9.06.